The smallest absolute Gasteiger partial charge is 0.406 e. The number of anilines is 1. The van der Waals surface area contributed by atoms with Crippen molar-refractivity contribution in [3.05, 3.63) is 58.7 Å². The van der Waals surface area contributed by atoms with Crippen LogP contribution in [0.2, 0.25) is 0 Å². The van der Waals surface area contributed by atoms with Crippen molar-refractivity contribution in [2.45, 2.75) is 6.54 Å². The molecule has 0 saturated carbocycles. The number of aromatic nitrogens is 2. The number of pyridine rings is 1. The third-order valence-electron chi connectivity index (χ3n) is 4.50. The van der Waals surface area contributed by atoms with Gasteiger partial charge in [-0.05, 0) is 30.3 Å². The van der Waals surface area contributed by atoms with Crippen LogP contribution in [0.4, 0.5) is 5.69 Å². The molecule has 1 saturated heterocycles. The average molecular weight is 384 g/mol. The maximum Gasteiger partial charge on any atom is 0.421 e. The van der Waals surface area contributed by atoms with Crippen LogP contribution < -0.4 is 11.1 Å². The number of fused-ring (bicyclic) bond motifs is 1. The first kappa shape index (κ1) is 17.7. The normalized spacial score (nSPS) is 14.4. The van der Waals surface area contributed by atoms with Crippen LogP contribution in [0.5, 0.6) is 0 Å². The number of hydrogen-bond acceptors (Lipinski definition) is 6. The van der Waals surface area contributed by atoms with Crippen molar-refractivity contribution in [1.82, 2.24) is 14.5 Å². The van der Waals surface area contributed by atoms with E-state index < -0.39 is 5.76 Å². The zero-order chi connectivity index (χ0) is 18.6. The molecule has 140 valence electrons. The summed E-state index contributed by atoms with van der Waals surface area (Å²) in [6, 6.07) is 10.9. The Morgan fingerprint density at radius 2 is 2.07 bits per heavy atom. The highest BCUT2D eigenvalue weighted by molar-refractivity contribution is 7.99. The van der Waals surface area contributed by atoms with E-state index in [1.165, 1.54) is 4.57 Å². The van der Waals surface area contributed by atoms with Crippen molar-refractivity contribution in [3.8, 4) is 0 Å². The van der Waals surface area contributed by atoms with Gasteiger partial charge in [-0.25, -0.2) is 9.78 Å². The van der Waals surface area contributed by atoms with E-state index in [9.17, 15) is 9.59 Å². The van der Waals surface area contributed by atoms with Gasteiger partial charge in [-0.15, -0.1) is 0 Å². The monoisotopic (exact) mass is 384 g/mol. The maximum atomic E-state index is 12.6. The van der Waals surface area contributed by atoms with Crippen LogP contribution in [0.1, 0.15) is 10.4 Å². The molecule has 0 bridgehead atoms. The van der Waals surface area contributed by atoms with Crippen LogP contribution in [-0.4, -0.2) is 51.5 Å². The summed E-state index contributed by atoms with van der Waals surface area (Å²) in [6.07, 6.45) is 1.63. The van der Waals surface area contributed by atoms with Gasteiger partial charge >= 0.3 is 5.76 Å². The molecule has 1 amide bonds. The molecule has 7 nitrogen and oxygen atoms in total. The third-order valence-corrected chi connectivity index (χ3v) is 5.44. The number of oxazole rings is 1. The Labute approximate surface area is 160 Å². The summed E-state index contributed by atoms with van der Waals surface area (Å²) >= 11 is 1.88. The van der Waals surface area contributed by atoms with E-state index in [-0.39, 0.29) is 5.91 Å². The molecule has 3 heterocycles. The molecule has 1 fully saturated rings. The summed E-state index contributed by atoms with van der Waals surface area (Å²) < 4.78 is 6.69. The van der Waals surface area contributed by atoms with Crippen molar-refractivity contribution in [3.63, 3.8) is 0 Å². The summed E-state index contributed by atoms with van der Waals surface area (Å²) in [7, 11) is 0. The van der Waals surface area contributed by atoms with Crippen LogP contribution in [0, 0.1) is 0 Å². The second kappa shape index (κ2) is 7.87. The molecule has 0 unspecified atom stereocenters. The molecular weight excluding hydrogens is 364 g/mol. The number of rotatable bonds is 5. The molecule has 0 atom stereocenters. The van der Waals surface area contributed by atoms with Gasteiger partial charge in [0.15, 0.2) is 11.2 Å². The molecule has 0 aliphatic carbocycles. The van der Waals surface area contributed by atoms with Gasteiger partial charge in [0.2, 0.25) is 0 Å². The van der Waals surface area contributed by atoms with Crippen LogP contribution in [-0.2, 0) is 6.54 Å². The zero-order valence-electron chi connectivity index (χ0n) is 14.8. The van der Waals surface area contributed by atoms with Gasteiger partial charge < -0.3 is 14.6 Å². The van der Waals surface area contributed by atoms with Gasteiger partial charge in [-0.1, -0.05) is 6.07 Å². The first-order valence-corrected chi connectivity index (χ1v) is 10.0. The van der Waals surface area contributed by atoms with Gasteiger partial charge in [-0.3, -0.25) is 9.36 Å². The van der Waals surface area contributed by atoms with Crippen molar-refractivity contribution < 1.29 is 9.21 Å². The molecule has 2 aromatic heterocycles. The molecule has 1 aromatic carbocycles. The van der Waals surface area contributed by atoms with Gasteiger partial charge in [0.25, 0.3) is 5.91 Å². The fourth-order valence-corrected chi connectivity index (χ4v) is 4.02. The van der Waals surface area contributed by atoms with Gasteiger partial charge in [0.05, 0.1) is 0 Å². The zero-order valence-corrected chi connectivity index (χ0v) is 15.6. The fraction of sp³-hybridized carbons (Fsp3) is 0.316. The van der Waals surface area contributed by atoms with Crippen molar-refractivity contribution in [2.24, 2.45) is 0 Å². The van der Waals surface area contributed by atoms with E-state index in [0.29, 0.717) is 29.9 Å². The van der Waals surface area contributed by atoms with E-state index in [2.05, 4.69) is 10.3 Å². The third kappa shape index (κ3) is 3.85. The van der Waals surface area contributed by atoms with Crippen molar-refractivity contribution in [2.75, 3.05) is 36.5 Å². The molecule has 0 radical (unpaired) electrons. The Bertz CT molecular complexity index is 1010. The predicted molar refractivity (Wildman–Crippen MR) is 106 cm³/mol. The second-order valence-corrected chi connectivity index (χ2v) is 7.48. The molecule has 27 heavy (non-hydrogen) atoms. The summed E-state index contributed by atoms with van der Waals surface area (Å²) in [5.41, 5.74) is 2.55. The van der Waals surface area contributed by atoms with Crippen LogP contribution >= 0.6 is 11.8 Å². The average Bonchev–Trinajstić information content (AvgIpc) is 3.04. The second-order valence-electron chi connectivity index (χ2n) is 6.26. The first-order valence-electron chi connectivity index (χ1n) is 8.88. The minimum Gasteiger partial charge on any atom is -0.406 e. The van der Waals surface area contributed by atoms with Crippen molar-refractivity contribution >= 4 is 34.6 Å². The SMILES string of the molecule is O=C(c1cccc(NCCn2c(=O)oc3cccnc32)c1)N1CCSCC1. The highest BCUT2D eigenvalue weighted by Gasteiger charge is 2.18. The Morgan fingerprint density at radius 1 is 1.22 bits per heavy atom. The van der Waals surface area contributed by atoms with Crippen LogP contribution in [0.15, 0.2) is 51.8 Å². The van der Waals surface area contributed by atoms with Crippen LogP contribution in [0.25, 0.3) is 11.2 Å². The summed E-state index contributed by atoms with van der Waals surface area (Å²) in [5.74, 6) is 1.63. The molecule has 3 aromatic rings. The molecular formula is C19H20N4O3S. The first-order chi connectivity index (χ1) is 13.2. The predicted octanol–water partition coefficient (Wildman–Crippen LogP) is 2.29. The molecule has 8 heteroatoms. The van der Waals surface area contributed by atoms with Crippen molar-refractivity contribution in [1.29, 1.82) is 0 Å². The molecule has 4 rings (SSSR count). The van der Waals surface area contributed by atoms with E-state index >= 15 is 0 Å². The number of benzene rings is 1. The number of carbonyl (C=O) groups excluding carboxylic acids is 1. The summed E-state index contributed by atoms with van der Waals surface area (Å²) in [5, 5.41) is 3.27. The maximum absolute atomic E-state index is 12.6. The fourth-order valence-electron chi connectivity index (χ4n) is 3.12. The van der Waals surface area contributed by atoms with E-state index in [4.69, 9.17) is 4.42 Å². The molecule has 1 N–H and O–H groups in total. The Kier molecular flexibility index (Phi) is 5.15. The molecule has 1 aliphatic rings. The van der Waals surface area contributed by atoms with Gasteiger partial charge in [-0.2, -0.15) is 11.8 Å². The lowest BCUT2D eigenvalue weighted by Gasteiger charge is -2.26. The Balaban J connectivity index is 1.42. The lowest BCUT2D eigenvalue weighted by molar-refractivity contribution is 0.0772. The number of thioether (sulfide) groups is 1. The largest absolute Gasteiger partial charge is 0.421 e. The number of nitrogens with zero attached hydrogens (tertiary/aromatic N) is 3. The topological polar surface area (TPSA) is 80.4 Å². The minimum absolute atomic E-state index is 0.0696. The minimum atomic E-state index is -0.419. The van der Waals surface area contributed by atoms with Gasteiger partial charge in [0, 0.05) is 55.1 Å². The molecule has 0 spiro atoms. The Hall–Kier alpha value is -2.74. The van der Waals surface area contributed by atoms with E-state index in [1.54, 1.807) is 18.3 Å². The number of carbonyl (C=O) groups is 1. The van der Waals surface area contributed by atoms with Crippen LogP contribution in [0.3, 0.4) is 0 Å². The lowest BCUT2D eigenvalue weighted by atomic mass is 10.1. The lowest BCUT2D eigenvalue weighted by Crippen LogP contribution is -2.37. The van der Waals surface area contributed by atoms with E-state index in [1.807, 2.05) is 40.9 Å². The summed E-state index contributed by atoms with van der Waals surface area (Å²) in [6.45, 7) is 2.53. The standard InChI is InChI=1S/C19H20N4O3S/c24-18(22-9-11-27-12-10-22)14-3-1-4-15(13-14)20-7-8-23-17-16(26-19(23)25)5-2-6-21-17/h1-6,13,20H,7-12H2. The number of nitrogens with one attached hydrogen (secondary N) is 1. The number of amides is 1. The Morgan fingerprint density at radius 3 is 2.93 bits per heavy atom. The van der Waals surface area contributed by atoms with E-state index in [0.717, 1.165) is 30.3 Å². The highest BCUT2D eigenvalue weighted by Crippen LogP contribution is 2.16. The highest BCUT2D eigenvalue weighted by atomic mass is 32.2. The molecule has 1 aliphatic heterocycles. The summed E-state index contributed by atoms with van der Waals surface area (Å²) in [4.78, 5) is 30.7. The number of hydrogen-bond donors (Lipinski definition) is 1. The van der Waals surface area contributed by atoms with Gasteiger partial charge in [0.1, 0.15) is 0 Å². The quantitative estimate of drug-likeness (QED) is 0.727.